The molecule has 0 atom stereocenters. The minimum atomic E-state index is -4.76. The van der Waals surface area contributed by atoms with Crippen molar-refractivity contribution in [2.24, 2.45) is 0 Å². The van der Waals surface area contributed by atoms with Gasteiger partial charge in [0.25, 0.3) is 0 Å². The number of anilines is 1. The number of nitrogens with zero attached hydrogens (tertiary/aromatic N) is 5. The maximum atomic E-state index is 13.9. The third kappa shape index (κ3) is 4.88. The third-order valence-electron chi connectivity index (χ3n) is 6.16. The molecule has 0 N–H and O–H groups in total. The Morgan fingerprint density at radius 1 is 0.914 bits per heavy atom. The monoisotopic (exact) mass is 479 g/mol. The molecule has 3 aromatic rings. The first-order valence-corrected chi connectivity index (χ1v) is 11.2. The van der Waals surface area contributed by atoms with Crippen LogP contribution in [-0.4, -0.2) is 47.6 Å². The Morgan fingerprint density at radius 3 is 2.23 bits per heavy atom. The van der Waals surface area contributed by atoms with Crippen LogP contribution in [0.15, 0.2) is 54.6 Å². The van der Waals surface area contributed by atoms with Crippen molar-refractivity contribution in [3.63, 3.8) is 0 Å². The van der Waals surface area contributed by atoms with E-state index in [1.54, 1.807) is 0 Å². The zero-order chi connectivity index (χ0) is 24.6. The Morgan fingerprint density at radius 2 is 1.60 bits per heavy atom. The van der Waals surface area contributed by atoms with E-state index in [0.717, 1.165) is 12.0 Å². The number of nitriles is 1. The van der Waals surface area contributed by atoms with Gasteiger partial charge in [-0.15, -0.1) is 0 Å². The molecule has 1 aliphatic carbocycles. The zero-order valence-electron chi connectivity index (χ0n) is 18.7. The number of hydrogen-bond donors (Lipinski definition) is 0. The summed E-state index contributed by atoms with van der Waals surface area (Å²) < 4.78 is 55.4. The third-order valence-corrected chi connectivity index (χ3v) is 6.16. The molecular weight excluding hydrogens is 458 g/mol. The SMILES string of the molecule is N#CCN1CCN(c2nc(C(F)(F)F)nc(-c3ccc(F)cc3)c2-c2cccc(C3=CC3)c2)CC1. The second-order valence-electron chi connectivity index (χ2n) is 8.53. The molecule has 178 valence electrons. The van der Waals surface area contributed by atoms with Crippen molar-refractivity contribution in [1.82, 2.24) is 14.9 Å². The van der Waals surface area contributed by atoms with Gasteiger partial charge < -0.3 is 4.90 Å². The van der Waals surface area contributed by atoms with E-state index in [1.807, 2.05) is 34.1 Å². The standard InChI is InChI=1S/C26H21F4N5/c27-21-8-6-18(7-9-21)23-22(20-3-1-2-19(16-20)17-4-5-17)24(33-25(32-23)26(28,29)30)35-14-12-34(11-10-31)13-15-35/h1-4,6-9,16H,5,11-15H2. The lowest BCUT2D eigenvalue weighted by molar-refractivity contribution is -0.144. The van der Waals surface area contributed by atoms with Crippen LogP contribution in [0.5, 0.6) is 0 Å². The average molecular weight is 479 g/mol. The maximum absolute atomic E-state index is 13.9. The van der Waals surface area contributed by atoms with Gasteiger partial charge in [-0.25, -0.2) is 14.4 Å². The lowest BCUT2D eigenvalue weighted by Crippen LogP contribution is -2.47. The highest BCUT2D eigenvalue weighted by atomic mass is 19.4. The number of rotatable bonds is 5. The van der Waals surface area contributed by atoms with Crippen LogP contribution in [0.2, 0.25) is 0 Å². The average Bonchev–Trinajstić information content (AvgIpc) is 3.70. The zero-order valence-corrected chi connectivity index (χ0v) is 18.7. The van der Waals surface area contributed by atoms with E-state index in [1.165, 1.54) is 29.8 Å². The van der Waals surface area contributed by atoms with E-state index in [4.69, 9.17) is 5.26 Å². The fourth-order valence-corrected chi connectivity index (χ4v) is 4.27. The first-order valence-electron chi connectivity index (χ1n) is 11.2. The summed E-state index contributed by atoms with van der Waals surface area (Å²) in [5.41, 5.74) is 3.81. The molecule has 5 nitrogen and oxygen atoms in total. The number of benzene rings is 2. The van der Waals surface area contributed by atoms with Gasteiger partial charge >= 0.3 is 6.18 Å². The van der Waals surface area contributed by atoms with Gasteiger partial charge in [-0.05, 0) is 53.5 Å². The quantitative estimate of drug-likeness (QED) is 0.362. The minimum Gasteiger partial charge on any atom is -0.353 e. The van der Waals surface area contributed by atoms with Crippen molar-refractivity contribution in [2.75, 3.05) is 37.6 Å². The highest BCUT2D eigenvalue weighted by Crippen LogP contribution is 2.42. The van der Waals surface area contributed by atoms with Gasteiger partial charge in [0.15, 0.2) is 0 Å². The van der Waals surface area contributed by atoms with Gasteiger partial charge in [-0.2, -0.15) is 18.4 Å². The summed E-state index contributed by atoms with van der Waals surface area (Å²) in [6, 6.07) is 15.0. The summed E-state index contributed by atoms with van der Waals surface area (Å²) in [6.07, 6.45) is -1.80. The second kappa shape index (κ2) is 9.12. The van der Waals surface area contributed by atoms with Crippen LogP contribution in [0.3, 0.4) is 0 Å². The second-order valence-corrected chi connectivity index (χ2v) is 8.53. The van der Waals surface area contributed by atoms with Gasteiger partial charge in [0.1, 0.15) is 11.6 Å². The molecule has 0 amide bonds. The molecule has 1 aromatic heterocycles. The van der Waals surface area contributed by atoms with Gasteiger partial charge in [-0.1, -0.05) is 24.3 Å². The topological polar surface area (TPSA) is 56.1 Å². The van der Waals surface area contributed by atoms with E-state index >= 15 is 0 Å². The van der Waals surface area contributed by atoms with E-state index in [-0.39, 0.29) is 18.1 Å². The van der Waals surface area contributed by atoms with Gasteiger partial charge in [-0.3, -0.25) is 4.90 Å². The number of allylic oxidation sites excluding steroid dienone is 2. The molecular formula is C26H21F4N5. The summed E-state index contributed by atoms with van der Waals surface area (Å²) in [4.78, 5) is 11.7. The Bertz CT molecular complexity index is 1320. The maximum Gasteiger partial charge on any atom is 0.451 e. The summed E-state index contributed by atoms with van der Waals surface area (Å²) in [6.45, 7) is 2.14. The van der Waals surface area contributed by atoms with Crippen LogP contribution in [0.4, 0.5) is 23.4 Å². The molecule has 2 heterocycles. The lowest BCUT2D eigenvalue weighted by Gasteiger charge is -2.35. The predicted octanol–water partition coefficient (Wildman–Crippen LogP) is 5.40. The molecule has 1 fully saturated rings. The molecule has 5 rings (SSSR count). The summed E-state index contributed by atoms with van der Waals surface area (Å²) >= 11 is 0. The Hall–Kier alpha value is -3.77. The van der Waals surface area contributed by atoms with Crippen molar-refractivity contribution in [2.45, 2.75) is 12.6 Å². The van der Waals surface area contributed by atoms with Gasteiger partial charge in [0.2, 0.25) is 5.82 Å². The summed E-state index contributed by atoms with van der Waals surface area (Å²) in [5.74, 6) is -1.54. The van der Waals surface area contributed by atoms with E-state index in [0.29, 0.717) is 42.9 Å². The number of alkyl halides is 3. The van der Waals surface area contributed by atoms with Crippen molar-refractivity contribution >= 4 is 11.4 Å². The van der Waals surface area contributed by atoms with Gasteiger partial charge in [0.05, 0.1) is 23.9 Å². The Balaban J connectivity index is 1.71. The first-order chi connectivity index (χ1) is 16.8. The molecule has 0 spiro atoms. The highest BCUT2D eigenvalue weighted by molar-refractivity contribution is 5.90. The molecule has 2 aliphatic rings. The molecule has 35 heavy (non-hydrogen) atoms. The van der Waals surface area contributed by atoms with Crippen LogP contribution >= 0.6 is 0 Å². The van der Waals surface area contributed by atoms with Crippen LogP contribution in [0.1, 0.15) is 17.8 Å². The minimum absolute atomic E-state index is 0.101. The van der Waals surface area contributed by atoms with E-state index in [9.17, 15) is 17.6 Å². The van der Waals surface area contributed by atoms with E-state index < -0.39 is 17.8 Å². The van der Waals surface area contributed by atoms with Crippen LogP contribution in [-0.2, 0) is 6.18 Å². The normalized spacial score (nSPS) is 16.1. The molecule has 2 aromatic carbocycles. The van der Waals surface area contributed by atoms with Crippen LogP contribution in [0, 0.1) is 17.1 Å². The molecule has 0 bridgehead atoms. The van der Waals surface area contributed by atoms with Gasteiger partial charge in [0, 0.05) is 31.7 Å². The number of halogens is 4. The van der Waals surface area contributed by atoms with Crippen molar-refractivity contribution in [3.05, 3.63) is 71.8 Å². The number of hydrogen-bond acceptors (Lipinski definition) is 5. The molecule has 1 aliphatic heterocycles. The Labute approximate surface area is 200 Å². The number of piperazine rings is 1. The van der Waals surface area contributed by atoms with E-state index in [2.05, 4.69) is 22.1 Å². The first kappa shape index (κ1) is 23.0. The van der Waals surface area contributed by atoms with Crippen molar-refractivity contribution in [1.29, 1.82) is 5.26 Å². The fraction of sp³-hybridized carbons (Fsp3) is 0.269. The fourth-order valence-electron chi connectivity index (χ4n) is 4.27. The predicted molar refractivity (Wildman–Crippen MR) is 125 cm³/mol. The van der Waals surface area contributed by atoms with Crippen molar-refractivity contribution < 1.29 is 17.6 Å². The summed E-state index contributed by atoms with van der Waals surface area (Å²) in [5, 5.41) is 9.00. The highest BCUT2D eigenvalue weighted by Gasteiger charge is 2.38. The molecule has 1 saturated heterocycles. The lowest BCUT2D eigenvalue weighted by atomic mass is 9.96. The summed E-state index contributed by atoms with van der Waals surface area (Å²) in [7, 11) is 0. The largest absolute Gasteiger partial charge is 0.451 e. The number of aromatic nitrogens is 2. The molecule has 9 heteroatoms. The molecule has 0 saturated carbocycles. The van der Waals surface area contributed by atoms with Crippen LogP contribution in [0.25, 0.3) is 28.0 Å². The Kier molecular flexibility index (Phi) is 5.99. The molecule has 0 unspecified atom stereocenters. The van der Waals surface area contributed by atoms with Crippen LogP contribution < -0.4 is 4.90 Å². The van der Waals surface area contributed by atoms with Crippen molar-refractivity contribution in [3.8, 4) is 28.5 Å². The smallest absolute Gasteiger partial charge is 0.353 e. The molecule has 0 radical (unpaired) electrons.